The molecule has 0 amide bonds. The molecule has 0 aliphatic heterocycles. The van der Waals surface area contributed by atoms with Crippen molar-refractivity contribution in [2.45, 2.75) is 135 Å². The lowest BCUT2D eigenvalue weighted by Gasteiger charge is -2.33. The predicted octanol–water partition coefficient (Wildman–Crippen LogP) is 11.0. The molecular formula is C33H50. The SMILES string of the molecule is CCCCCCCCC1(CCCCCCCC)c2ccccc2-c2ccc([C@@H](C)CC)cc21. The van der Waals surface area contributed by atoms with Gasteiger partial charge in [0.1, 0.15) is 0 Å². The van der Waals surface area contributed by atoms with Gasteiger partial charge in [0.2, 0.25) is 0 Å². The van der Waals surface area contributed by atoms with Crippen LogP contribution in [0.2, 0.25) is 0 Å². The summed E-state index contributed by atoms with van der Waals surface area (Å²) in [5, 5.41) is 0. The van der Waals surface area contributed by atoms with Crippen molar-refractivity contribution in [3.63, 3.8) is 0 Å². The van der Waals surface area contributed by atoms with E-state index in [1.807, 2.05) is 0 Å². The van der Waals surface area contributed by atoms with Gasteiger partial charge < -0.3 is 0 Å². The van der Waals surface area contributed by atoms with Crippen LogP contribution in [0.3, 0.4) is 0 Å². The lowest BCUT2D eigenvalue weighted by molar-refractivity contribution is 0.397. The van der Waals surface area contributed by atoms with Gasteiger partial charge in [-0.3, -0.25) is 0 Å². The Bertz CT molecular complexity index is 814. The van der Waals surface area contributed by atoms with Crippen LogP contribution < -0.4 is 0 Å². The van der Waals surface area contributed by atoms with Crippen LogP contribution in [0, 0.1) is 0 Å². The first-order chi connectivity index (χ1) is 16.2. The molecule has 0 heterocycles. The van der Waals surface area contributed by atoms with Crippen molar-refractivity contribution in [3.8, 4) is 11.1 Å². The number of benzene rings is 2. The van der Waals surface area contributed by atoms with Crippen molar-refractivity contribution >= 4 is 0 Å². The van der Waals surface area contributed by atoms with Gasteiger partial charge in [0, 0.05) is 5.41 Å². The van der Waals surface area contributed by atoms with Crippen LogP contribution in [0.1, 0.15) is 147 Å². The molecule has 1 atom stereocenters. The first-order valence-corrected chi connectivity index (χ1v) is 14.4. The van der Waals surface area contributed by atoms with Crippen molar-refractivity contribution < 1.29 is 0 Å². The Labute approximate surface area is 205 Å². The molecule has 33 heavy (non-hydrogen) atoms. The molecule has 2 aromatic rings. The topological polar surface area (TPSA) is 0 Å². The van der Waals surface area contributed by atoms with Gasteiger partial charge in [0.25, 0.3) is 0 Å². The molecule has 2 aromatic carbocycles. The van der Waals surface area contributed by atoms with Gasteiger partial charge in [-0.25, -0.2) is 0 Å². The van der Waals surface area contributed by atoms with Crippen LogP contribution in [0.25, 0.3) is 11.1 Å². The fourth-order valence-corrected chi connectivity index (χ4v) is 6.09. The highest BCUT2D eigenvalue weighted by Crippen LogP contribution is 2.54. The quantitative estimate of drug-likeness (QED) is 0.225. The van der Waals surface area contributed by atoms with Crippen LogP contribution in [-0.2, 0) is 5.41 Å². The minimum absolute atomic E-state index is 0.227. The third-order valence-electron chi connectivity index (χ3n) is 8.39. The highest BCUT2D eigenvalue weighted by atomic mass is 14.4. The maximum Gasteiger partial charge on any atom is 0.0215 e. The van der Waals surface area contributed by atoms with Gasteiger partial charge in [0.05, 0.1) is 0 Å². The lowest BCUT2D eigenvalue weighted by atomic mass is 9.70. The van der Waals surface area contributed by atoms with E-state index in [2.05, 4.69) is 70.2 Å². The molecule has 0 fully saturated rings. The van der Waals surface area contributed by atoms with Crippen molar-refractivity contribution in [1.29, 1.82) is 0 Å². The molecule has 0 heteroatoms. The van der Waals surface area contributed by atoms with E-state index in [0.29, 0.717) is 5.92 Å². The van der Waals surface area contributed by atoms with Gasteiger partial charge >= 0.3 is 0 Å². The molecule has 182 valence electrons. The second-order valence-corrected chi connectivity index (χ2v) is 10.8. The molecule has 3 rings (SSSR count). The predicted molar refractivity (Wildman–Crippen MR) is 147 cm³/mol. The molecule has 0 unspecified atom stereocenters. The molecule has 0 spiro atoms. The molecular weight excluding hydrogens is 396 g/mol. The normalized spacial score (nSPS) is 14.8. The van der Waals surface area contributed by atoms with Gasteiger partial charge in [-0.2, -0.15) is 0 Å². The summed E-state index contributed by atoms with van der Waals surface area (Å²) in [5.41, 5.74) is 8.09. The van der Waals surface area contributed by atoms with Crippen LogP contribution in [0.5, 0.6) is 0 Å². The fraction of sp³-hybridized carbons (Fsp3) is 0.636. The highest BCUT2D eigenvalue weighted by Gasteiger charge is 2.42. The van der Waals surface area contributed by atoms with E-state index in [0.717, 1.165) is 0 Å². The summed E-state index contributed by atoms with van der Waals surface area (Å²) in [4.78, 5) is 0. The number of hydrogen-bond donors (Lipinski definition) is 0. The molecule has 0 bridgehead atoms. The maximum absolute atomic E-state index is 2.62. The second-order valence-electron chi connectivity index (χ2n) is 10.8. The zero-order chi connectivity index (χ0) is 23.5. The first-order valence-electron chi connectivity index (χ1n) is 14.4. The summed E-state index contributed by atoms with van der Waals surface area (Å²) in [6.07, 6.45) is 20.5. The van der Waals surface area contributed by atoms with Crippen molar-refractivity contribution in [3.05, 3.63) is 59.2 Å². The van der Waals surface area contributed by atoms with Crippen molar-refractivity contribution in [2.24, 2.45) is 0 Å². The van der Waals surface area contributed by atoms with Crippen molar-refractivity contribution in [1.82, 2.24) is 0 Å². The molecule has 0 saturated heterocycles. The summed E-state index contributed by atoms with van der Waals surface area (Å²) in [7, 11) is 0. The number of hydrogen-bond acceptors (Lipinski definition) is 0. The van der Waals surface area contributed by atoms with E-state index in [1.165, 1.54) is 107 Å². The Kier molecular flexibility index (Phi) is 10.5. The largest absolute Gasteiger partial charge is 0.0654 e. The van der Waals surface area contributed by atoms with Crippen LogP contribution in [0.15, 0.2) is 42.5 Å². The Morgan fingerprint density at radius 2 is 1.15 bits per heavy atom. The van der Waals surface area contributed by atoms with E-state index in [-0.39, 0.29) is 5.41 Å². The summed E-state index contributed by atoms with van der Waals surface area (Å²) >= 11 is 0. The zero-order valence-electron chi connectivity index (χ0n) is 22.2. The average Bonchev–Trinajstić information content (AvgIpc) is 3.12. The minimum atomic E-state index is 0.227. The monoisotopic (exact) mass is 446 g/mol. The van der Waals surface area contributed by atoms with Gasteiger partial charge in [0.15, 0.2) is 0 Å². The highest BCUT2D eigenvalue weighted by molar-refractivity contribution is 5.81. The van der Waals surface area contributed by atoms with E-state index in [4.69, 9.17) is 0 Å². The average molecular weight is 447 g/mol. The molecule has 0 saturated carbocycles. The maximum atomic E-state index is 2.62. The minimum Gasteiger partial charge on any atom is -0.0654 e. The van der Waals surface area contributed by atoms with Crippen molar-refractivity contribution in [2.75, 3.05) is 0 Å². The van der Waals surface area contributed by atoms with Gasteiger partial charge in [-0.05, 0) is 53.0 Å². The Morgan fingerprint density at radius 3 is 1.76 bits per heavy atom. The molecule has 0 nitrogen and oxygen atoms in total. The van der Waals surface area contributed by atoms with E-state index in [9.17, 15) is 0 Å². The lowest BCUT2D eigenvalue weighted by Crippen LogP contribution is -2.25. The van der Waals surface area contributed by atoms with Gasteiger partial charge in [-0.15, -0.1) is 0 Å². The molecule has 0 N–H and O–H groups in total. The van der Waals surface area contributed by atoms with Crippen LogP contribution in [0.4, 0.5) is 0 Å². The zero-order valence-corrected chi connectivity index (χ0v) is 22.2. The fourth-order valence-electron chi connectivity index (χ4n) is 6.09. The third kappa shape index (κ3) is 6.32. The number of unbranched alkanes of at least 4 members (excludes halogenated alkanes) is 10. The number of rotatable bonds is 16. The smallest absolute Gasteiger partial charge is 0.0215 e. The van der Waals surface area contributed by atoms with E-state index >= 15 is 0 Å². The molecule has 0 radical (unpaired) electrons. The molecule has 1 aliphatic rings. The Hall–Kier alpha value is -1.56. The van der Waals surface area contributed by atoms with E-state index in [1.54, 1.807) is 16.7 Å². The Morgan fingerprint density at radius 1 is 0.606 bits per heavy atom. The third-order valence-corrected chi connectivity index (χ3v) is 8.39. The number of fused-ring (bicyclic) bond motifs is 3. The second kappa shape index (κ2) is 13.4. The Balaban J connectivity index is 1.88. The summed E-state index contributed by atoms with van der Waals surface area (Å²) in [6.45, 7) is 9.35. The van der Waals surface area contributed by atoms with Gasteiger partial charge in [-0.1, -0.05) is 147 Å². The summed E-state index contributed by atoms with van der Waals surface area (Å²) < 4.78 is 0. The summed E-state index contributed by atoms with van der Waals surface area (Å²) in [6, 6.07) is 16.9. The first kappa shape index (κ1) is 26.1. The van der Waals surface area contributed by atoms with E-state index < -0.39 is 0 Å². The standard InChI is InChI=1S/C33H50/c1-5-8-10-12-14-18-24-33(25-19-15-13-11-9-6-2)31-21-17-16-20-29(31)30-23-22-28(26-32(30)33)27(4)7-3/h16-17,20-23,26-27H,5-15,18-19,24-25H2,1-4H3/t27-/m0/s1. The molecule has 1 aliphatic carbocycles. The van der Waals surface area contributed by atoms with Crippen LogP contribution >= 0.6 is 0 Å². The summed E-state index contributed by atoms with van der Waals surface area (Å²) in [5.74, 6) is 0.639. The van der Waals surface area contributed by atoms with Crippen LogP contribution in [-0.4, -0.2) is 0 Å². The molecule has 0 aromatic heterocycles.